The van der Waals surface area contributed by atoms with Crippen molar-refractivity contribution in [1.82, 2.24) is 15.6 Å². The van der Waals surface area contributed by atoms with Crippen LogP contribution in [-0.4, -0.2) is 28.1 Å². The first-order valence-electron chi connectivity index (χ1n) is 6.06. The molecule has 2 amide bonds. The average molecular weight is 285 g/mol. The van der Waals surface area contributed by atoms with Crippen LogP contribution >= 0.6 is 11.3 Å². The Morgan fingerprint density at radius 3 is 2.63 bits per heavy atom. The van der Waals surface area contributed by atoms with E-state index < -0.39 is 5.97 Å². The van der Waals surface area contributed by atoms with Gasteiger partial charge in [-0.3, -0.25) is 4.79 Å². The van der Waals surface area contributed by atoms with Crippen molar-refractivity contribution in [1.29, 1.82) is 0 Å². The molecule has 0 aliphatic carbocycles. The Morgan fingerprint density at radius 2 is 2.16 bits per heavy atom. The SMILES string of the molecule is Cc1ncc(CNC(=O)NC(CC(=O)O)C(C)C)s1. The fourth-order valence-electron chi connectivity index (χ4n) is 1.52. The van der Waals surface area contributed by atoms with Crippen LogP contribution in [0.15, 0.2) is 6.20 Å². The number of carbonyl (C=O) groups is 2. The zero-order chi connectivity index (χ0) is 14.4. The molecule has 0 spiro atoms. The van der Waals surface area contributed by atoms with Gasteiger partial charge in [-0.1, -0.05) is 13.8 Å². The number of nitrogens with zero attached hydrogens (tertiary/aromatic N) is 1. The number of rotatable bonds is 6. The van der Waals surface area contributed by atoms with Crippen molar-refractivity contribution in [2.75, 3.05) is 0 Å². The lowest BCUT2D eigenvalue weighted by Gasteiger charge is -2.20. The quantitative estimate of drug-likeness (QED) is 0.742. The maximum absolute atomic E-state index is 11.7. The van der Waals surface area contributed by atoms with Gasteiger partial charge in [-0.2, -0.15) is 0 Å². The van der Waals surface area contributed by atoms with E-state index in [0.29, 0.717) is 6.54 Å². The number of aromatic nitrogens is 1. The highest BCUT2D eigenvalue weighted by molar-refractivity contribution is 7.11. The van der Waals surface area contributed by atoms with Gasteiger partial charge in [0, 0.05) is 17.1 Å². The normalized spacial score (nSPS) is 12.2. The minimum atomic E-state index is -0.919. The van der Waals surface area contributed by atoms with Gasteiger partial charge in [-0.25, -0.2) is 9.78 Å². The Morgan fingerprint density at radius 1 is 1.47 bits per heavy atom. The molecule has 0 fully saturated rings. The third-order valence-electron chi connectivity index (χ3n) is 2.61. The second-order valence-electron chi connectivity index (χ2n) is 4.62. The summed E-state index contributed by atoms with van der Waals surface area (Å²) in [6.07, 6.45) is 1.64. The molecule has 0 aliphatic heterocycles. The van der Waals surface area contributed by atoms with E-state index in [2.05, 4.69) is 15.6 Å². The molecule has 0 saturated heterocycles. The van der Waals surface area contributed by atoms with Crippen LogP contribution in [-0.2, 0) is 11.3 Å². The summed E-state index contributed by atoms with van der Waals surface area (Å²) in [5.41, 5.74) is 0. The van der Waals surface area contributed by atoms with Gasteiger partial charge in [-0.05, 0) is 12.8 Å². The summed E-state index contributed by atoms with van der Waals surface area (Å²) in [6, 6.07) is -0.730. The zero-order valence-electron chi connectivity index (χ0n) is 11.3. The molecule has 0 bridgehead atoms. The van der Waals surface area contributed by atoms with E-state index in [9.17, 15) is 9.59 Å². The van der Waals surface area contributed by atoms with E-state index >= 15 is 0 Å². The maximum Gasteiger partial charge on any atom is 0.315 e. The van der Waals surface area contributed by atoms with E-state index in [-0.39, 0.29) is 24.4 Å². The molecule has 0 aromatic carbocycles. The van der Waals surface area contributed by atoms with Crippen molar-refractivity contribution in [2.45, 2.75) is 39.8 Å². The number of hydrogen-bond donors (Lipinski definition) is 3. The average Bonchev–Trinajstić information content (AvgIpc) is 2.71. The van der Waals surface area contributed by atoms with E-state index in [1.54, 1.807) is 6.20 Å². The molecule has 1 heterocycles. The molecule has 1 aromatic rings. The number of thiazole rings is 1. The molecule has 0 radical (unpaired) electrons. The number of aryl methyl sites for hydroxylation is 1. The zero-order valence-corrected chi connectivity index (χ0v) is 12.1. The second kappa shape index (κ2) is 7.08. The van der Waals surface area contributed by atoms with Crippen LogP contribution in [0.5, 0.6) is 0 Å². The minimum absolute atomic E-state index is 0.0625. The number of carboxylic acids is 1. The molecule has 106 valence electrons. The van der Waals surface area contributed by atoms with Gasteiger partial charge < -0.3 is 15.7 Å². The second-order valence-corrected chi connectivity index (χ2v) is 5.94. The van der Waals surface area contributed by atoms with Crippen LogP contribution < -0.4 is 10.6 Å². The number of carbonyl (C=O) groups excluding carboxylic acids is 1. The van der Waals surface area contributed by atoms with Crippen molar-refractivity contribution in [3.63, 3.8) is 0 Å². The van der Waals surface area contributed by atoms with Gasteiger partial charge in [-0.15, -0.1) is 11.3 Å². The van der Waals surface area contributed by atoms with E-state index in [4.69, 9.17) is 5.11 Å². The van der Waals surface area contributed by atoms with Crippen LogP contribution in [0.4, 0.5) is 4.79 Å². The van der Waals surface area contributed by atoms with Crippen LogP contribution in [0.25, 0.3) is 0 Å². The predicted octanol–water partition coefficient (Wildman–Crippen LogP) is 1.75. The Kier molecular flexibility index (Phi) is 5.75. The van der Waals surface area contributed by atoms with E-state index in [1.165, 1.54) is 11.3 Å². The largest absolute Gasteiger partial charge is 0.481 e. The summed E-state index contributed by atoms with van der Waals surface area (Å²) < 4.78 is 0. The van der Waals surface area contributed by atoms with Crippen molar-refractivity contribution in [3.05, 3.63) is 16.1 Å². The molecule has 0 aliphatic rings. The molecular formula is C12H19N3O3S. The first kappa shape index (κ1) is 15.4. The lowest BCUT2D eigenvalue weighted by atomic mass is 10.0. The summed E-state index contributed by atoms with van der Waals surface area (Å²) in [4.78, 5) is 27.4. The van der Waals surface area contributed by atoms with Gasteiger partial charge in [0.2, 0.25) is 0 Å². The number of nitrogens with one attached hydrogen (secondary N) is 2. The molecule has 1 atom stereocenters. The topological polar surface area (TPSA) is 91.3 Å². The Labute approximate surface area is 116 Å². The lowest BCUT2D eigenvalue weighted by molar-refractivity contribution is -0.137. The van der Waals surface area contributed by atoms with Crippen LogP contribution in [0.2, 0.25) is 0 Å². The molecule has 1 aromatic heterocycles. The molecule has 0 saturated carbocycles. The fraction of sp³-hybridized carbons (Fsp3) is 0.583. The van der Waals surface area contributed by atoms with Crippen molar-refractivity contribution in [3.8, 4) is 0 Å². The highest BCUT2D eigenvalue weighted by atomic mass is 32.1. The van der Waals surface area contributed by atoms with Crippen molar-refractivity contribution in [2.24, 2.45) is 5.92 Å². The summed E-state index contributed by atoms with van der Waals surface area (Å²) in [5.74, 6) is -0.857. The number of urea groups is 1. The van der Waals surface area contributed by atoms with Gasteiger partial charge in [0.05, 0.1) is 18.0 Å². The molecule has 7 heteroatoms. The van der Waals surface area contributed by atoms with Crippen LogP contribution in [0, 0.1) is 12.8 Å². The summed E-state index contributed by atoms with van der Waals surface area (Å²) in [5, 5.41) is 15.1. The fourth-order valence-corrected chi connectivity index (χ4v) is 2.25. The third-order valence-corrected chi connectivity index (χ3v) is 3.52. The van der Waals surface area contributed by atoms with E-state index in [1.807, 2.05) is 20.8 Å². The first-order valence-corrected chi connectivity index (χ1v) is 6.87. The number of aliphatic carboxylic acids is 1. The molecular weight excluding hydrogens is 266 g/mol. The van der Waals surface area contributed by atoms with E-state index in [0.717, 1.165) is 9.88 Å². The Balaban J connectivity index is 2.42. The number of amides is 2. The van der Waals surface area contributed by atoms with Crippen LogP contribution in [0.1, 0.15) is 30.2 Å². The molecule has 1 rings (SSSR count). The van der Waals surface area contributed by atoms with Gasteiger partial charge >= 0.3 is 12.0 Å². The van der Waals surface area contributed by atoms with Gasteiger partial charge in [0.1, 0.15) is 0 Å². The Bertz CT molecular complexity index is 445. The summed E-state index contributed by atoms with van der Waals surface area (Å²) in [7, 11) is 0. The van der Waals surface area contributed by atoms with Gasteiger partial charge in [0.25, 0.3) is 0 Å². The number of carboxylic acid groups (broad SMARTS) is 1. The molecule has 3 N–H and O–H groups in total. The first-order chi connectivity index (χ1) is 8.88. The summed E-state index contributed by atoms with van der Waals surface area (Å²) in [6.45, 7) is 6.05. The number of hydrogen-bond acceptors (Lipinski definition) is 4. The van der Waals surface area contributed by atoms with Gasteiger partial charge in [0.15, 0.2) is 0 Å². The maximum atomic E-state index is 11.7. The lowest BCUT2D eigenvalue weighted by Crippen LogP contribution is -2.45. The Hall–Kier alpha value is -1.63. The third kappa shape index (κ3) is 5.69. The molecule has 1 unspecified atom stereocenters. The predicted molar refractivity (Wildman–Crippen MR) is 73.1 cm³/mol. The highest BCUT2D eigenvalue weighted by Gasteiger charge is 2.19. The highest BCUT2D eigenvalue weighted by Crippen LogP contribution is 2.11. The van der Waals surface area contributed by atoms with Crippen molar-refractivity contribution < 1.29 is 14.7 Å². The summed E-state index contributed by atoms with van der Waals surface area (Å²) >= 11 is 1.52. The standard InChI is InChI=1S/C12H19N3O3S/c1-7(2)10(4-11(16)17)15-12(18)14-6-9-5-13-8(3)19-9/h5,7,10H,4,6H2,1-3H3,(H,16,17)(H2,14,15,18). The monoisotopic (exact) mass is 285 g/mol. The van der Waals surface area contributed by atoms with Crippen LogP contribution in [0.3, 0.4) is 0 Å². The van der Waals surface area contributed by atoms with Crippen molar-refractivity contribution >= 4 is 23.3 Å². The minimum Gasteiger partial charge on any atom is -0.481 e. The molecule has 19 heavy (non-hydrogen) atoms. The smallest absolute Gasteiger partial charge is 0.315 e. The molecule has 6 nitrogen and oxygen atoms in total.